The molecule has 3 amide bonds. The van der Waals surface area contributed by atoms with Gasteiger partial charge in [0.25, 0.3) is 0 Å². The average Bonchev–Trinajstić information content (AvgIpc) is 2.93. The number of carbonyl (C=O) groups is 3. The van der Waals surface area contributed by atoms with Crippen molar-refractivity contribution in [3.8, 4) is 0 Å². The fourth-order valence-corrected chi connectivity index (χ4v) is 4.89. The Morgan fingerprint density at radius 2 is 1.00 bits per heavy atom. The second kappa shape index (κ2) is 26.3. The number of rotatable bonds is 28. The molecule has 236 valence electrons. The number of primary amides is 1. The molecule has 0 aliphatic carbocycles. The van der Waals surface area contributed by atoms with E-state index in [0.717, 1.165) is 43.7 Å². The predicted octanol–water partition coefficient (Wildman–Crippen LogP) is 2.79. The zero-order valence-electron chi connectivity index (χ0n) is 25.6. The Kier molecular flexibility index (Phi) is 25.3. The lowest BCUT2D eigenvalue weighted by Crippen LogP contribution is -2.59. The highest BCUT2D eigenvalue weighted by molar-refractivity contribution is 6.03. The Morgan fingerprint density at radius 3 is 1.43 bits per heavy atom. The van der Waals surface area contributed by atoms with Crippen LogP contribution in [0.5, 0.6) is 0 Å². The van der Waals surface area contributed by atoms with Crippen LogP contribution >= 0.6 is 0 Å². The summed E-state index contributed by atoms with van der Waals surface area (Å²) in [7, 11) is 0. The van der Waals surface area contributed by atoms with Crippen molar-refractivity contribution >= 4 is 17.7 Å². The van der Waals surface area contributed by atoms with Gasteiger partial charge in [0.15, 0.2) is 0 Å². The van der Waals surface area contributed by atoms with E-state index in [4.69, 9.17) is 28.7 Å². The lowest BCUT2D eigenvalue weighted by molar-refractivity contribution is -0.153. The fraction of sp³-hybridized carbons (Fsp3) is 0.900. The van der Waals surface area contributed by atoms with Crippen molar-refractivity contribution in [3.63, 3.8) is 0 Å². The molecule has 0 bridgehead atoms. The van der Waals surface area contributed by atoms with E-state index in [2.05, 4.69) is 12.2 Å². The summed E-state index contributed by atoms with van der Waals surface area (Å²) < 4.78 is 0. The van der Waals surface area contributed by atoms with Crippen LogP contribution in [0, 0.1) is 0 Å². The molecule has 0 rings (SSSR count). The number of imide groups is 1. The van der Waals surface area contributed by atoms with Crippen LogP contribution in [0.2, 0.25) is 0 Å². The van der Waals surface area contributed by atoms with Crippen molar-refractivity contribution in [2.75, 3.05) is 26.2 Å². The molecule has 0 aliphatic heterocycles. The number of nitrogens with two attached hydrogens (primary N) is 5. The van der Waals surface area contributed by atoms with Crippen molar-refractivity contribution in [2.45, 2.75) is 147 Å². The minimum absolute atomic E-state index is 0.289. The average molecular weight is 570 g/mol. The first-order valence-electron chi connectivity index (χ1n) is 16.1. The molecule has 3 atom stereocenters. The lowest BCUT2D eigenvalue weighted by Gasteiger charge is -2.32. The third-order valence-corrected chi connectivity index (χ3v) is 7.48. The molecule has 40 heavy (non-hydrogen) atoms. The molecule has 0 heterocycles. The third kappa shape index (κ3) is 18.7. The van der Waals surface area contributed by atoms with Crippen molar-refractivity contribution < 1.29 is 14.4 Å². The van der Waals surface area contributed by atoms with E-state index >= 15 is 0 Å². The Hall–Kier alpha value is -1.59. The van der Waals surface area contributed by atoms with E-state index in [-0.39, 0.29) is 6.42 Å². The fourth-order valence-electron chi connectivity index (χ4n) is 4.89. The van der Waals surface area contributed by atoms with Crippen LogP contribution in [0.1, 0.15) is 129 Å². The van der Waals surface area contributed by atoms with Gasteiger partial charge in [-0.2, -0.15) is 0 Å². The number of hydrogen-bond acceptors (Lipinski definition) is 8. The summed E-state index contributed by atoms with van der Waals surface area (Å²) in [6.45, 7) is 5.01. The first-order chi connectivity index (χ1) is 19.3. The number of nitrogens with zero attached hydrogens (tertiary/aromatic N) is 1. The highest BCUT2D eigenvalue weighted by Gasteiger charge is 2.37. The van der Waals surface area contributed by atoms with Crippen molar-refractivity contribution in [3.05, 3.63) is 0 Å². The van der Waals surface area contributed by atoms with Gasteiger partial charge in [-0.05, 0) is 77.5 Å². The largest absolute Gasteiger partial charge is 0.368 e. The molecule has 0 fully saturated rings. The molecule has 0 aromatic carbocycles. The maximum Gasteiger partial charge on any atom is 0.246 e. The maximum absolute atomic E-state index is 13.3. The smallest absolute Gasteiger partial charge is 0.246 e. The molecule has 0 aromatic heterocycles. The van der Waals surface area contributed by atoms with Gasteiger partial charge in [-0.1, -0.05) is 77.6 Å². The molecular formula is C30H63N7O3. The van der Waals surface area contributed by atoms with Crippen LogP contribution < -0.4 is 34.0 Å². The Morgan fingerprint density at radius 1 is 0.600 bits per heavy atom. The Bertz CT molecular complexity index is 623. The summed E-state index contributed by atoms with van der Waals surface area (Å²) >= 11 is 0. The van der Waals surface area contributed by atoms with Crippen LogP contribution in [0.25, 0.3) is 0 Å². The lowest BCUT2D eigenvalue weighted by atomic mass is 10.0. The monoisotopic (exact) mass is 569 g/mol. The first-order valence-corrected chi connectivity index (χ1v) is 16.1. The molecule has 0 saturated carbocycles. The Labute approximate surface area is 244 Å². The molecule has 0 aromatic rings. The molecule has 0 aliphatic rings. The molecule has 0 radical (unpaired) electrons. The van der Waals surface area contributed by atoms with Crippen LogP contribution in [-0.4, -0.2) is 66.9 Å². The topological polar surface area (TPSA) is 197 Å². The zero-order valence-corrected chi connectivity index (χ0v) is 25.6. The van der Waals surface area contributed by atoms with Crippen LogP contribution in [-0.2, 0) is 14.4 Å². The summed E-state index contributed by atoms with van der Waals surface area (Å²) in [6, 6.07) is -2.91. The molecule has 0 spiro atoms. The van der Waals surface area contributed by atoms with E-state index in [1.807, 2.05) is 0 Å². The molecule has 11 N–H and O–H groups in total. The second-order valence-electron chi connectivity index (χ2n) is 11.2. The van der Waals surface area contributed by atoms with E-state index in [1.54, 1.807) is 0 Å². The van der Waals surface area contributed by atoms with E-state index in [0.29, 0.717) is 45.2 Å². The number of carbonyl (C=O) groups excluding carboxylic acids is 3. The highest BCUT2D eigenvalue weighted by Crippen LogP contribution is 2.16. The molecule has 0 saturated heterocycles. The van der Waals surface area contributed by atoms with E-state index in [9.17, 15) is 14.4 Å². The van der Waals surface area contributed by atoms with E-state index in [1.165, 1.54) is 57.8 Å². The SMILES string of the molecule is CCCCCCCCCCCCNCCCC[C@@H](C(N)=O)N(C(=O)[C@@H](N)CCCCN)C(=O)[C@@H](N)CCCCN. The second-order valence-corrected chi connectivity index (χ2v) is 11.2. The molecular weight excluding hydrogens is 506 g/mol. The third-order valence-electron chi connectivity index (χ3n) is 7.48. The van der Waals surface area contributed by atoms with Gasteiger partial charge in [0.1, 0.15) is 6.04 Å². The minimum Gasteiger partial charge on any atom is -0.368 e. The van der Waals surface area contributed by atoms with Gasteiger partial charge in [-0.3, -0.25) is 19.3 Å². The zero-order chi connectivity index (χ0) is 30.0. The van der Waals surface area contributed by atoms with Gasteiger partial charge in [0.05, 0.1) is 12.1 Å². The van der Waals surface area contributed by atoms with Gasteiger partial charge in [-0.25, -0.2) is 0 Å². The van der Waals surface area contributed by atoms with Gasteiger partial charge in [0, 0.05) is 0 Å². The molecule has 10 nitrogen and oxygen atoms in total. The van der Waals surface area contributed by atoms with Crippen molar-refractivity contribution in [2.24, 2.45) is 28.7 Å². The quantitative estimate of drug-likeness (QED) is 0.0773. The predicted molar refractivity (Wildman–Crippen MR) is 165 cm³/mol. The summed E-state index contributed by atoms with van der Waals surface area (Å²) in [5.41, 5.74) is 29.1. The highest BCUT2D eigenvalue weighted by atomic mass is 16.2. The normalized spacial score (nSPS) is 13.6. The number of unbranched alkanes of at least 4 members (excludes halogenated alkanes) is 12. The number of hydrogen-bond donors (Lipinski definition) is 6. The molecule has 10 heteroatoms. The van der Waals surface area contributed by atoms with Gasteiger partial charge in [0.2, 0.25) is 17.7 Å². The van der Waals surface area contributed by atoms with Crippen LogP contribution in [0.4, 0.5) is 0 Å². The summed E-state index contributed by atoms with van der Waals surface area (Å²) in [5, 5.41) is 3.46. The van der Waals surface area contributed by atoms with Crippen LogP contribution in [0.3, 0.4) is 0 Å². The van der Waals surface area contributed by atoms with Gasteiger partial charge in [-0.15, -0.1) is 0 Å². The van der Waals surface area contributed by atoms with Crippen LogP contribution in [0.15, 0.2) is 0 Å². The standard InChI is InChI=1S/C30H63N7O3/c1-2-3-4-5-6-7-8-9-10-16-23-36-24-17-13-20-27(28(35)38)37(29(39)25(33)18-11-14-21-31)30(40)26(34)19-12-15-22-32/h25-27,36H,2-24,31-34H2,1H3,(H2,35,38)/t25-,26-,27-/m0/s1. The summed E-state index contributed by atoms with van der Waals surface area (Å²) in [4.78, 5) is 39.9. The molecule has 0 unspecified atom stereocenters. The minimum atomic E-state index is -1.07. The van der Waals surface area contributed by atoms with Crippen molar-refractivity contribution in [1.82, 2.24) is 10.2 Å². The van der Waals surface area contributed by atoms with Gasteiger partial charge < -0.3 is 34.0 Å². The number of amides is 3. The maximum atomic E-state index is 13.3. The van der Waals surface area contributed by atoms with Gasteiger partial charge >= 0.3 is 0 Å². The van der Waals surface area contributed by atoms with Crippen molar-refractivity contribution in [1.29, 1.82) is 0 Å². The van der Waals surface area contributed by atoms with E-state index < -0.39 is 35.8 Å². The Balaban J connectivity index is 4.66. The first kappa shape index (κ1) is 38.4. The number of nitrogens with one attached hydrogen (secondary N) is 1. The summed E-state index contributed by atoms with van der Waals surface area (Å²) in [5.74, 6) is -1.92. The summed E-state index contributed by atoms with van der Waals surface area (Å²) in [6.07, 6.45) is 18.3.